The summed E-state index contributed by atoms with van der Waals surface area (Å²) in [6.45, 7) is 0.216. The average Bonchev–Trinajstić information content (AvgIpc) is 2.68. The molecule has 3 rings (SSSR count). The van der Waals surface area contributed by atoms with Crippen LogP contribution in [0.25, 0.3) is 0 Å². The minimum Gasteiger partial charge on any atom is -0.497 e. The Bertz CT molecular complexity index is 917. The summed E-state index contributed by atoms with van der Waals surface area (Å²) < 4.78 is 18.8. The summed E-state index contributed by atoms with van der Waals surface area (Å²) in [5.41, 5.74) is 1.27. The fourth-order valence-corrected chi connectivity index (χ4v) is 2.28. The van der Waals surface area contributed by atoms with E-state index >= 15 is 0 Å². The molecule has 1 amide bonds. The van der Waals surface area contributed by atoms with Crippen LogP contribution in [0.3, 0.4) is 0 Å². The van der Waals surface area contributed by atoms with Crippen LogP contribution in [0.1, 0.15) is 16.1 Å². The molecule has 0 bridgehead atoms. The number of nitrogens with zero attached hydrogens (tertiary/aromatic N) is 2. The van der Waals surface area contributed by atoms with Crippen molar-refractivity contribution in [1.82, 2.24) is 9.97 Å². The predicted molar refractivity (Wildman–Crippen MR) is 96.7 cm³/mol. The molecule has 0 aliphatic carbocycles. The molecule has 0 atom stereocenters. The third kappa shape index (κ3) is 4.32. The van der Waals surface area contributed by atoms with Gasteiger partial charge in [-0.1, -0.05) is 24.3 Å². The molecule has 0 fully saturated rings. The third-order valence-electron chi connectivity index (χ3n) is 3.61. The number of benzene rings is 2. The van der Waals surface area contributed by atoms with Crippen LogP contribution in [0.5, 0.6) is 5.75 Å². The van der Waals surface area contributed by atoms with E-state index in [9.17, 15) is 9.18 Å². The van der Waals surface area contributed by atoms with Crippen LogP contribution in [0, 0.1) is 5.82 Å². The lowest BCUT2D eigenvalue weighted by Gasteiger charge is -2.09. The van der Waals surface area contributed by atoms with Crippen LogP contribution in [-0.2, 0) is 6.54 Å². The van der Waals surface area contributed by atoms with Crippen LogP contribution < -0.4 is 15.4 Å². The number of hydrogen-bond acceptors (Lipinski definition) is 5. The standard InChI is InChI=1S/C19H17FN4O2/c1-26-15-7-4-6-14(11-15)23-18(25)17-9-10-21-19(24-17)22-12-13-5-2-3-8-16(13)20/h2-11H,12H2,1H3,(H,23,25)(H,21,22,24). The molecular weight excluding hydrogens is 335 g/mol. The lowest BCUT2D eigenvalue weighted by Crippen LogP contribution is -2.15. The van der Waals surface area contributed by atoms with Crippen molar-refractivity contribution in [3.8, 4) is 5.75 Å². The quantitative estimate of drug-likeness (QED) is 0.710. The first-order chi connectivity index (χ1) is 12.7. The Balaban J connectivity index is 1.68. The van der Waals surface area contributed by atoms with Gasteiger partial charge in [0.1, 0.15) is 17.3 Å². The lowest BCUT2D eigenvalue weighted by atomic mass is 10.2. The second-order valence-corrected chi connectivity index (χ2v) is 5.40. The molecule has 2 N–H and O–H groups in total. The molecule has 0 aliphatic rings. The van der Waals surface area contributed by atoms with Gasteiger partial charge in [0.15, 0.2) is 0 Å². The van der Waals surface area contributed by atoms with Crippen molar-refractivity contribution < 1.29 is 13.9 Å². The fourth-order valence-electron chi connectivity index (χ4n) is 2.28. The summed E-state index contributed by atoms with van der Waals surface area (Å²) in [6.07, 6.45) is 1.47. The van der Waals surface area contributed by atoms with E-state index in [4.69, 9.17) is 4.74 Å². The fraction of sp³-hybridized carbons (Fsp3) is 0.105. The molecule has 0 spiro atoms. The number of methoxy groups -OCH3 is 1. The van der Waals surface area contributed by atoms with Crippen molar-refractivity contribution in [1.29, 1.82) is 0 Å². The van der Waals surface area contributed by atoms with Gasteiger partial charge in [-0.3, -0.25) is 4.79 Å². The average molecular weight is 352 g/mol. The van der Waals surface area contributed by atoms with Crippen LogP contribution in [0.15, 0.2) is 60.8 Å². The van der Waals surface area contributed by atoms with Crippen molar-refractivity contribution in [2.45, 2.75) is 6.54 Å². The van der Waals surface area contributed by atoms with Crippen molar-refractivity contribution in [2.75, 3.05) is 17.7 Å². The monoisotopic (exact) mass is 352 g/mol. The number of amides is 1. The zero-order valence-corrected chi connectivity index (χ0v) is 14.1. The van der Waals surface area contributed by atoms with Crippen molar-refractivity contribution in [3.05, 3.63) is 77.9 Å². The van der Waals surface area contributed by atoms with E-state index in [1.807, 2.05) is 0 Å². The number of aromatic nitrogens is 2. The van der Waals surface area contributed by atoms with E-state index in [2.05, 4.69) is 20.6 Å². The highest BCUT2D eigenvalue weighted by molar-refractivity contribution is 6.03. The largest absolute Gasteiger partial charge is 0.497 e. The first-order valence-corrected chi connectivity index (χ1v) is 7.91. The molecule has 0 unspecified atom stereocenters. The first-order valence-electron chi connectivity index (χ1n) is 7.91. The smallest absolute Gasteiger partial charge is 0.274 e. The molecule has 1 aromatic heterocycles. The third-order valence-corrected chi connectivity index (χ3v) is 3.61. The van der Waals surface area contributed by atoms with Gasteiger partial charge >= 0.3 is 0 Å². The van der Waals surface area contributed by atoms with Crippen LogP contribution in [0.4, 0.5) is 16.0 Å². The Hall–Kier alpha value is -3.48. The normalized spacial score (nSPS) is 10.2. The van der Waals surface area contributed by atoms with Gasteiger partial charge in [-0.15, -0.1) is 0 Å². The number of anilines is 2. The molecule has 7 heteroatoms. The summed E-state index contributed by atoms with van der Waals surface area (Å²) in [5, 5.41) is 5.66. The van der Waals surface area contributed by atoms with Gasteiger partial charge in [-0.05, 0) is 24.3 Å². The summed E-state index contributed by atoms with van der Waals surface area (Å²) in [6, 6.07) is 14.9. The molecule has 26 heavy (non-hydrogen) atoms. The minimum absolute atomic E-state index is 0.193. The number of carbonyl (C=O) groups excluding carboxylic acids is 1. The molecule has 1 heterocycles. The van der Waals surface area contributed by atoms with Gasteiger partial charge in [-0.2, -0.15) is 0 Å². The van der Waals surface area contributed by atoms with Gasteiger partial charge in [-0.25, -0.2) is 14.4 Å². The number of rotatable bonds is 6. The van der Waals surface area contributed by atoms with Gasteiger partial charge in [0.05, 0.1) is 7.11 Å². The summed E-state index contributed by atoms with van der Waals surface area (Å²) >= 11 is 0. The molecule has 6 nitrogen and oxygen atoms in total. The van der Waals surface area contributed by atoms with E-state index in [0.717, 1.165) is 0 Å². The number of nitrogens with one attached hydrogen (secondary N) is 2. The second-order valence-electron chi connectivity index (χ2n) is 5.40. The number of carbonyl (C=O) groups is 1. The maximum Gasteiger partial charge on any atom is 0.274 e. The summed E-state index contributed by atoms with van der Waals surface area (Å²) in [5.74, 6) is 0.186. The first kappa shape index (κ1) is 17.3. The Morgan fingerprint density at radius 3 is 2.81 bits per heavy atom. The maximum atomic E-state index is 13.6. The van der Waals surface area contributed by atoms with E-state index in [1.54, 1.807) is 49.6 Å². The zero-order chi connectivity index (χ0) is 18.4. The van der Waals surface area contributed by atoms with Crippen LogP contribution in [-0.4, -0.2) is 23.0 Å². The van der Waals surface area contributed by atoms with Gasteiger partial charge < -0.3 is 15.4 Å². The molecule has 3 aromatic rings. The van der Waals surface area contributed by atoms with E-state index in [0.29, 0.717) is 17.0 Å². The highest BCUT2D eigenvalue weighted by Crippen LogP contribution is 2.17. The highest BCUT2D eigenvalue weighted by atomic mass is 19.1. The van der Waals surface area contributed by atoms with Gasteiger partial charge in [0.2, 0.25) is 5.95 Å². The minimum atomic E-state index is -0.380. The number of ether oxygens (including phenoxy) is 1. The summed E-state index contributed by atoms with van der Waals surface area (Å²) in [4.78, 5) is 20.6. The van der Waals surface area contributed by atoms with E-state index in [1.165, 1.54) is 18.3 Å². The molecule has 0 aliphatic heterocycles. The number of halogens is 1. The Labute approximate surface area is 150 Å². The molecule has 132 valence electrons. The Kier molecular flexibility index (Phi) is 5.38. The Morgan fingerprint density at radius 1 is 1.15 bits per heavy atom. The van der Waals surface area contributed by atoms with E-state index in [-0.39, 0.29) is 29.9 Å². The molecule has 0 radical (unpaired) electrons. The molecule has 0 saturated carbocycles. The van der Waals surface area contributed by atoms with Crippen molar-refractivity contribution in [3.63, 3.8) is 0 Å². The van der Waals surface area contributed by atoms with Gasteiger partial charge in [0, 0.05) is 30.1 Å². The maximum absolute atomic E-state index is 13.6. The topological polar surface area (TPSA) is 76.1 Å². The zero-order valence-electron chi connectivity index (χ0n) is 14.1. The van der Waals surface area contributed by atoms with Crippen molar-refractivity contribution in [2.24, 2.45) is 0 Å². The highest BCUT2D eigenvalue weighted by Gasteiger charge is 2.10. The molecule has 2 aromatic carbocycles. The molecule has 0 saturated heterocycles. The second kappa shape index (κ2) is 8.06. The van der Waals surface area contributed by atoms with Crippen molar-refractivity contribution >= 4 is 17.5 Å². The number of hydrogen-bond donors (Lipinski definition) is 2. The Morgan fingerprint density at radius 2 is 2.00 bits per heavy atom. The molecular formula is C19H17FN4O2. The van der Waals surface area contributed by atoms with Crippen LogP contribution in [0.2, 0.25) is 0 Å². The lowest BCUT2D eigenvalue weighted by molar-refractivity contribution is 0.102. The summed E-state index contributed by atoms with van der Waals surface area (Å²) in [7, 11) is 1.55. The van der Waals surface area contributed by atoms with E-state index < -0.39 is 0 Å². The van der Waals surface area contributed by atoms with Gasteiger partial charge in [0.25, 0.3) is 5.91 Å². The predicted octanol–water partition coefficient (Wildman–Crippen LogP) is 3.49. The SMILES string of the molecule is COc1cccc(NC(=O)c2ccnc(NCc3ccccc3F)n2)c1. The van der Waals surface area contributed by atoms with Crippen LogP contribution >= 0.6 is 0 Å².